The number of nitrogens with zero attached hydrogens (tertiary/aromatic N) is 4. The monoisotopic (exact) mass is 1000 g/mol. The minimum atomic E-state index is -2.45. The lowest BCUT2D eigenvalue weighted by Gasteiger charge is -2.39. The zero-order valence-corrected chi connectivity index (χ0v) is 47.4. The maximum absolute atomic E-state index is 7.20. The van der Waals surface area contributed by atoms with Crippen LogP contribution in [0.1, 0.15) is 33.4 Å². The molecule has 360 valence electrons. The molecule has 0 atom stereocenters. The van der Waals surface area contributed by atoms with Crippen LogP contribution in [0.2, 0.25) is 64.5 Å². The Hall–Kier alpha value is -6.12. The lowest BCUT2D eigenvalue weighted by atomic mass is 10.0. The lowest BCUT2D eigenvalue weighted by molar-refractivity contribution is 0.395. The number of aliphatic imine (C=N–C) groups is 2. The molecule has 0 spiro atoms. The molecule has 0 amide bonds. The van der Waals surface area contributed by atoms with Gasteiger partial charge in [0, 0.05) is 33.4 Å². The van der Waals surface area contributed by atoms with Gasteiger partial charge in [-0.2, -0.15) is 0 Å². The molecule has 1 aliphatic heterocycles. The normalized spacial score (nSPS) is 14.1. The molecule has 0 fully saturated rings. The van der Waals surface area contributed by atoms with Crippen LogP contribution in [0, 0.1) is 20.8 Å². The number of hydrogen-bond donors (Lipinski definition) is 0. The van der Waals surface area contributed by atoms with Crippen molar-refractivity contribution in [3.8, 4) is 33.9 Å². The molecule has 0 radical (unpaired) electrons. The summed E-state index contributed by atoms with van der Waals surface area (Å²) < 4.78 is 16.6. The van der Waals surface area contributed by atoms with Gasteiger partial charge in [-0.05, 0) is 71.3 Å². The van der Waals surface area contributed by atoms with Crippen LogP contribution >= 0.6 is 0 Å². The summed E-state index contributed by atoms with van der Waals surface area (Å²) in [6.07, 6.45) is 0. The Morgan fingerprint density at radius 2 is 0.930 bits per heavy atom. The van der Waals surface area contributed by atoms with Crippen molar-refractivity contribution >= 4 is 55.1 Å². The summed E-state index contributed by atoms with van der Waals surface area (Å²) in [4.78, 5) is 17.5. The van der Waals surface area contributed by atoms with Gasteiger partial charge in [0.2, 0.25) is 8.32 Å². The summed E-state index contributed by atoms with van der Waals surface area (Å²) in [6, 6.07) is 69.3. The number of imidazole rings is 1. The maximum atomic E-state index is 7.20. The molecule has 9 rings (SSSR count). The Kier molecular flexibility index (Phi) is 13.9. The van der Waals surface area contributed by atoms with Crippen molar-refractivity contribution in [2.75, 3.05) is 0 Å². The molecule has 0 N–H and O–H groups in total. The van der Waals surface area contributed by atoms with E-state index in [0.29, 0.717) is 0 Å². The minimum Gasteiger partial charge on any atom is -0.437 e. The number of rotatable bonds is 16. The molecule has 2 heterocycles. The van der Waals surface area contributed by atoms with Gasteiger partial charge >= 0.3 is 8.56 Å². The molecule has 8 aromatic rings. The number of aromatic nitrogens is 2. The van der Waals surface area contributed by atoms with Crippen LogP contribution in [0.3, 0.4) is 0 Å². The van der Waals surface area contributed by atoms with E-state index in [1.165, 1.54) is 27.1 Å². The first-order valence-corrected chi connectivity index (χ1v) is 37.1. The van der Waals surface area contributed by atoms with E-state index in [-0.39, 0.29) is 0 Å². The zero-order chi connectivity index (χ0) is 50.2. The Bertz CT molecular complexity index is 3130. The second-order valence-electron chi connectivity index (χ2n) is 21.6. The van der Waals surface area contributed by atoms with E-state index in [1.807, 2.05) is 0 Å². The fourth-order valence-electron chi connectivity index (χ4n) is 10.3. The maximum Gasteiger partial charge on any atom is 0.311 e. The minimum absolute atomic E-state index is 0.796. The summed E-state index contributed by atoms with van der Waals surface area (Å²) in [5, 5.41) is 2.75. The van der Waals surface area contributed by atoms with Crippen molar-refractivity contribution in [2.45, 2.75) is 91.0 Å². The molecule has 0 unspecified atom stereocenters. The Balaban J connectivity index is 1.14. The standard InChI is InChI=1S/C61H68N4O2Si4/c1-45-32-36-53(37-33-45)61(63-56(48-24-16-12-17-25-48)57(64-61)49-26-18-13-19-27-49)65-59(51-30-22-15-23-31-51)58(50-28-20-14-21-29-50)62-60(65)52-34-38-54(39-35-52)68(4,5)40-41-69(6,7)66-71(10,11)67-70(8,9)55-43-46(2)42-47(3)44-55/h12-39,42-44H,40-41H2,1-11H3. The molecular formula is C61H68N4O2Si4. The molecule has 6 nitrogen and oxygen atoms in total. The van der Waals surface area contributed by atoms with E-state index in [9.17, 15) is 0 Å². The zero-order valence-electron chi connectivity index (χ0n) is 43.4. The topological polar surface area (TPSA) is 61.0 Å². The second-order valence-corrected chi connectivity index (χ2v) is 38.5. The van der Waals surface area contributed by atoms with Crippen molar-refractivity contribution in [3.63, 3.8) is 0 Å². The summed E-state index contributed by atoms with van der Waals surface area (Å²) in [5.74, 6) is -0.477. The smallest absolute Gasteiger partial charge is 0.311 e. The van der Waals surface area contributed by atoms with Gasteiger partial charge in [-0.1, -0.05) is 229 Å². The Morgan fingerprint density at radius 1 is 0.451 bits per heavy atom. The highest BCUT2D eigenvalue weighted by Crippen LogP contribution is 2.46. The predicted octanol–water partition coefficient (Wildman–Crippen LogP) is 14.4. The second kappa shape index (κ2) is 19.8. The Morgan fingerprint density at radius 3 is 1.44 bits per heavy atom. The molecule has 1 aliphatic rings. The molecule has 0 saturated heterocycles. The van der Waals surface area contributed by atoms with E-state index in [0.717, 1.165) is 74.1 Å². The molecule has 71 heavy (non-hydrogen) atoms. The van der Waals surface area contributed by atoms with Gasteiger partial charge in [-0.3, -0.25) is 4.57 Å². The largest absolute Gasteiger partial charge is 0.437 e. The van der Waals surface area contributed by atoms with Crippen LogP contribution < -0.4 is 10.4 Å². The first-order chi connectivity index (χ1) is 33.8. The lowest BCUT2D eigenvalue weighted by Crippen LogP contribution is -2.57. The molecule has 0 saturated carbocycles. The average molecular weight is 1000 g/mol. The van der Waals surface area contributed by atoms with Crippen LogP contribution in [-0.4, -0.2) is 54.2 Å². The third-order valence-corrected chi connectivity index (χ3v) is 29.0. The van der Waals surface area contributed by atoms with E-state index in [4.69, 9.17) is 23.2 Å². The molecule has 1 aromatic heterocycles. The first-order valence-electron chi connectivity index (χ1n) is 25.1. The highest BCUT2D eigenvalue weighted by atomic mass is 28.5. The highest BCUT2D eigenvalue weighted by Gasteiger charge is 2.46. The fraction of sp³-hybridized carbons (Fsp3) is 0.230. The highest BCUT2D eigenvalue weighted by molar-refractivity contribution is 6.94. The van der Waals surface area contributed by atoms with Crippen LogP contribution in [0.25, 0.3) is 33.9 Å². The van der Waals surface area contributed by atoms with Gasteiger partial charge in [0.25, 0.3) is 5.79 Å². The van der Waals surface area contributed by atoms with Gasteiger partial charge < -0.3 is 8.23 Å². The van der Waals surface area contributed by atoms with Gasteiger partial charge in [-0.15, -0.1) is 0 Å². The fourth-order valence-corrected chi connectivity index (χ4v) is 29.4. The van der Waals surface area contributed by atoms with E-state index < -0.39 is 39.1 Å². The predicted molar refractivity (Wildman–Crippen MR) is 310 cm³/mol. The number of aryl methyl sites for hydroxylation is 3. The molecule has 0 aliphatic carbocycles. The van der Waals surface area contributed by atoms with Crippen molar-refractivity contribution in [3.05, 3.63) is 221 Å². The third-order valence-electron chi connectivity index (χ3n) is 13.8. The third kappa shape index (κ3) is 10.7. The Labute approximate surface area is 426 Å². The molecule has 7 aromatic carbocycles. The van der Waals surface area contributed by atoms with Crippen LogP contribution in [0.5, 0.6) is 0 Å². The van der Waals surface area contributed by atoms with Crippen molar-refractivity contribution < 1.29 is 8.23 Å². The van der Waals surface area contributed by atoms with Crippen molar-refractivity contribution in [1.29, 1.82) is 0 Å². The van der Waals surface area contributed by atoms with Gasteiger partial charge in [0.1, 0.15) is 5.82 Å². The van der Waals surface area contributed by atoms with E-state index in [2.05, 4.69) is 266 Å². The van der Waals surface area contributed by atoms with Crippen molar-refractivity contribution in [1.82, 2.24) is 9.55 Å². The number of benzene rings is 7. The van der Waals surface area contributed by atoms with Crippen LogP contribution in [0.4, 0.5) is 0 Å². The summed E-state index contributed by atoms with van der Waals surface area (Å²) >= 11 is 0. The quantitative estimate of drug-likeness (QED) is 0.0906. The van der Waals surface area contributed by atoms with E-state index >= 15 is 0 Å². The first kappa shape index (κ1) is 49.8. The summed E-state index contributed by atoms with van der Waals surface area (Å²) in [5.41, 5.74) is 13.2. The van der Waals surface area contributed by atoms with Gasteiger partial charge in [-0.25, -0.2) is 15.0 Å². The SMILES string of the molecule is Cc1ccc(C2(n3c(-c4ccc([Si](C)(C)CC[Si](C)(C)O[Si](C)(C)O[Si](C)(C)c5cc(C)cc(C)c5)cc4)nc(-c4ccccc4)c3-c3ccccc3)N=C(c3ccccc3)C(c3ccccc3)=N2)cc1. The average Bonchev–Trinajstić information content (AvgIpc) is 3.96. The van der Waals surface area contributed by atoms with Gasteiger partial charge in [0.15, 0.2) is 8.32 Å². The summed E-state index contributed by atoms with van der Waals surface area (Å²) in [6.45, 7) is 25.5. The number of hydrogen-bond acceptors (Lipinski definition) is 5. The van der Waals surface area contributed by atoms with Crippen LogP contribution in [-0.2, 0) is 14.0 Å². The molecular weight excluding hydrogens is 933 g/mol. The van der Waals surface area contributed by atoms with Crippen LogP contribution in [0.15, 0.2) is 198 Å². The van der Waals surface area contributed by atoms with Crippen molar-refractivity contribution in [2.24, 2.45) is 9.98 Å². The molecule has 10 heteroatoms. The summed E-state index contributed by atoms with van der Waals surface area (Å²) in [7, 11) is -8.70. The molecule has 0 bridgehead atoms. The van der Waals surface area contributed by atoms with E-state index in [1.54, 1.807) is 0 Å². The van der Waals surface area contributed by atoms with Gasteiger partial charge in [0.05, 0.1) is 30.9 Å².